The number of amides is 2. The number of quaternary nitrogens is 1. The number of aromatic nitrogens is 1. The molecule has 3 aromatic rings. The molecule has 40 heavy (non-hydrogen) atoms. The van der Waals surface area contributed by atoms with Gasteiger partial charge < -0.3 is 10.3 Å². The highest BCUT2D eigenvalue weighted by Gasteiger charge is 2.48. The molecule has 3 N–H and O–H groups in total. The van der Waals surface area contributed by atoms with Crippen LogP contribution in [0.3, 0.4) is 0 Å². The van der Waals surface area contributed by atoms with Gasteiger partial charge in [0.2, 0.25) is 0 Å². The number of nitrogens with zero attached hydrogens (tertiary/aromatic N) is 2. The normalized spacial score (nSPS) is 16.6. The van der Waals surface area contributed by atoms with E-state index in [-0.39, 0.29) is 32.9 Å². The lowest BCUT2D eigenvalue weighted by molar-refractivity contribution is -0.869. The molecule has 2 aromatic carbocycles. The molecule has 9 nitrogen and oxygen atoms in total. The number of hydrogen-bond acceptors (Lipinski definition) is 6. The van der Waals surface area contributed by atoms with Gasteiger partial charge in [-0.1, -0.05) is 74.3 Å². The van der Waals surface area contributed by atoms with Gasteiger partial charge in [-0.25, -0.2) is 17.7 Å². The Kier molecular flexibility index (Phi) is 8.51. The van der Waals surface area contributed by atoms with Gasteiger partial charge in [-0.2, -0.15) is 0 Å². The maximum Gasteiger partial charge on any atom is 0.317 e. The predicted octanol–water partition coefficient (Wildman–Crippen LogP) is 4.93. The first kappa shape index (κ1) is 29.5. The van der Waals surface area contributed by atoms with Crippen LogP contribution in [0.5, 0.6) is 0 Å². The Labute approximate surface area is 236 Å². The summed E-state index contributed by atoms with van der Waals surface area (Å²) in [5.74, 6) is 0.0697. The quantitative estimate of drug-likeness (QED) is 0.334. The summed E-state index contributed by atoms with van der Waals surface area (Å²) in [6.07, 6.45) is 3.70. The number of aryl methyl sites for hydroxylation is 1. The molecule has 1 saturated carbocycles. The first-order valence-electron chi connectivity index (χ1n) is 13.7. The monoisotopic (exact) mass is 567 g/mol. The fourth-order valence-corrected chi connectivity index (χ4v) is 7.26. The number of sulfonamides is 1. The zero-order chi connectivity index (χ0) is 29.2. The van der Waals surface area contributed by atoms with E-state index in [0.717, 1.165) is 31.2 Å². The molecule has 10 heteroatoms. The molecule has 1 aliphatic rings. The van der Waals surface area contributed by atoms with Crippen LogP contribution < -0.4 is 10.5 Å². The molecule has 0 radical (unpaired) electrons. The van der Waals surface area contributed by atoms with E-state index in [4.69, 9.17) is 10.3 Å². The van der Waals surface area contributed by atoms with Crippen LogP contribution in [0.4, 0.5) is 5.82 Å². The van der Waals surface area contributed by atoms with E-state index in [1.807, 2.05) is 45.2 Å². The fraction of sp³-hybridized carbons (Fsp3) is 0.433. The van der Waals surface area contributed by atoms with Gasteiger partial charge in [-0.05, 0) is 38.3 Å². The van der Waals surface area contributed by atoms with Crippen LogP contribution in [0.1, 0.15) is 56.4 Å². The Bertz CT molecular complexity index is 1490. The summed E-state index contributed by atoms with van der Waals surface area (Å²) < 4.78 is 34.2. The van der Waals surface area contributed by atoms with Crippen molar-refractivity contribution >= 4 is 27.7 Å². The van der Waals surface area contributed by atoms with Crippen molar-refractivity contribution in [1.82, 2.24) is 5.16 Å². The number of benzene rings is 2. The molecule has 0 spiro atoms. The van der Waals surface area contributed by atoms with Gasteiger partial charge >= 0.3 is 5.91 Å². The summed E-state index contributed by atoms with van der Waals surface area (Å²) in [7, 11) is -2.14. The minimum Gasteiger partial charge on any atom is -0.364 e. The van der Waals surface area contributed by atoms with Crippen LogP contribution in [0.15, 0.2) is 57.9 Å². The maximum atomic E-state index is 13.8. The second kappa shape index (κ2) is 11.5. The number of primary amides is 1. The molecular formula is C30H39N4O5S+. The largest absolute Gasteiger partial charge is 0.364 e. The minimum atomic E-state index is -3.96. The molecular weight excluding hydrogens is 528 g/mol. The number of rotatable bonds is 10. The lowest BCUT2D eigenvalue weighted by atomic mass is 9.94. The summed E-state index contributed by atoms with van der Waals surface area (Å²) >= 11 is 0. The molecule has 4 rings (SSSR count). The van der Waals surface area contributed by atoms with Crippen molar-refractivity contribution in [2.24, 2.45) is 17.6 Å². The molecule has 2 amide bonds. The van der Waals surface area contributed by atoms with Crippen molar-refractivity contribution in [3.8, 4) is 11.1 Å². The van der Waals surface area contributed by atoms with E-state index >= 15 is 0 Å². The van der Waals surface area contributed by atoms with Crippen LogP contribution in [0.25, 0.3) is 11.1 Å². The van der Waals surface area contributed by atoms with Gasteiger partial charge in [0.15, 0.2) is 11.9 Å². The standard InChI is InChI=1S/C30H38N4O5S/c1-19(2)27(28(31)35)34(5,30(36)24-10-6-7-11-24)18-22-14-16-23(17-15-22)25-12-8-9-13-26(25)40(37,38)33-29-20(3)21(4)39-32-29/h8-9,12-17,19,24,27H,6-7,10-11,18H2,1-5H3,(H2-,31,32,33,35)/p+1/t27-,34?/m0/s1. The summed E-state index contributed by atoms with van der Waals surface area (Å²) in [6, 6.07) is 13.5. The summed E-state index contributed by atoms with van der Waals surface area (Å²) in [5.41, 5.74) is 8.56. The van der Waals surface area contributed by atoms with E-state index in [1.54, 1.807) is 38.1 Å². The highest BCUT2D eigenvalue weighted by Crippen LogP contribution is 2.34. The Morgan fingerprint density at radius 2 is 1.70 bits per heavy atom. The zero-order valence-electron chi connectivity index (χ0n) is 23.8. The molecule has 1 heterocycles. The lowest BCUT2D eigenvalue weighted by Crippen LogP contribution is -2.63. The molecule has 2 atom stereocenters. The molecule has 0 aliphatic heterocycles. The second-order valence-corrected chi connectivity index (χ2v) is 13.0. The van der Waals surface area contributed by atoms with Gasteiger partial charge in [-0.15, -0.1) is 0 Å². The van der Waals surface area contributed by atoms with Gasteiger partial charge in [-0.3, -0.25) is 9.52 Å². The van der Waals surface area contributed by atoms with Crippen molar-refractivity contribution < 1.29 is 27.0 Å². The number of carbonyl (C=O) groups excluding carboxylic acids is 2. The first-order valence-corrected chi connectivity index (χ1v) is 15.2. The van der Waals surface area contributed by atoms with Crippen LogP contribution >= 0.6 is 0 Å². The molecule has 214 valence electrons. The predicted molar refractivity (Wildman–Crippen MR) is 153 cm³/mol. The Hall–Kier alpha value is -3.50. The first-order chi connectivity index (χ1) is 18.8. The summed E-state index contributed by atoms with van der Waals surface area (Å²) in [5, 5.41) is 3.83. The third-order valence-corrected chi connectivity index (χ3v) is 9.48. The second-order valence-electron chi connectivity index (χ2n) is 11.3. The third kappa shape index (κ3) is 5.83. The molecule has 1 unspecified atom stereocenters. The Morgan fingerprint density at radius 1 is 1.07 bits per heavy atom. The number of nitrogens with one attached hydrogen (secondary N) is 1. The topological polar surface area (TPSA) is 132 Å². The van der Waals surface area contributed by atoms with E-state index in [0.29, 0.717) is 29.0 Å². The van der Waals surface area contributed by atoms with Gasteiger partial charge in [0.1, 0.15) is 12.3 Å². The summed E-state index contributed by atoms with van der Waals surface area (Å²) in [4.78, 5) is 26.5. The maximum absolute atomic E-state index is 13.8. The van der Waals surface area contributed by atoms with Crippen molar-refractivity contribution in [3.05, 3.63) is 65.4 Å². The Morgan fingerprint density at radius 3 is 2.25 bits per heavy atom. The SMILES string of the molecule is Cc1onc(NS(=O)(=O)c2ccccc2-c2ccc(C[N+](C)(C(=O)C3CCCC3)[C@H](C(N)=O)C(C)C)cc2)c1C. The number of anilines is 1. The fourth-order valence-electron chi connectivity index (χ4n) is 5.97. The van der Waals surface area contributed by atoms with Gasteiger partial charge in [0.05, 0.1) is 17.9 Å². The van der Waals surface area contributed by atoms with Crippen molar-refractivity contribution in [2.75, 3.05) is 11.8 Å². The van der Waals surface area contributed by atoms with E-state index in [2.05, 4.69) is 9.88 Å². The molecule has 0 saturated heterocycles. The van der Waals surface area contributed by atoms with Crippen molar-refractivity contribution in [3.63, 3.8) is 0 Å². The molecule has 1 aromatic heterocycles. The highest BCUT2D eigenvalue weighted by atomic mass is 32.2. The van der Waals surface area contributed by atoms with Crippen molar-refractivity contribution in [2.45, 2.75) is 70.9 Å². The summed E-state index contributed by atoms with van der Waals surface area (Å²) in [6.45, 7) is 7.61. The minimum absolute atomic E-state index is 0.0555. The van der Waals surface area contributed by atoms with Gasteiger partial charge in [0, 0.05) is 22.6 Å². The Balaban J connectivity index is 1.66. The number of carbonyl (C=O) groups is 2. The third-order valence-electron chi connectivity index (χ3n) is 8.09. The molecule has 0 bridgehead atoms. The molecule has 1 fully saturated rings. The lowest BCUT2D eigenvalue weighted by Gasteiger charge is -2.41. The highest BCUT2D eigenvalue weighted by molar-refractivity contribution is 7.92. The number of hydrogen-bond donors (Lipinski definition) is 2. The van der Waals surface area contributed by atoms with Crippen LogP contribution in [0.2, 0.25) is 0 Å². The van der Waals surface area contributed by atoms with Crippen LogP contribution in [-0.2, 0) is 26.2 Å². The number of nitrogens with two attached hydrogens (primary N) is 1. The zero-order valence-corrected chi connectivity index (χ0v) is 24.6. The van der Waals surface area contributed by atoms with Crippen LogP contribution in [0, 0.1) is 25.7 Å². The van der Waals surface area contributed by atoms with Crippen LogP contribution in [-0.4, -0.2) is 43.0 Å². The van der Waals surface area contributed by atoms with Crippen molar-refractivity contribution in [1.29, 1.82) is 0 Å². The van der Waals surface area contributed by atoms with Gasteiger partial charge in [0.25, 0.3) is 15.9 Å². The number of likely N-dealkylation sites (N-methyl/N-ethyl adjacent to an activating group) is 1. The molecule has 1 aliphatic carbocycles. The average Bonchev–Trinajstić information content (AvgIpc) is 3.54. The average molecular weight is 568 g/mol. The smallest absolute Gasteiger partial charge is 0.317 e. The van der Waals surface area contributed by atoms with E-state index < -0.39 is 22.0 Å². The van der Waals surface area contributed by atoms with E-state index in [1.165, 1.54) is 0 Å². The van der Waals surface area contributed by atoms with E-state index in [9.17, 15) is 18.0 Å².